The monoisotopic (exact) mass is 419 g/mol. The average Bonchev–Trinajstić information content (AvgIpc) is 2.51. The molecule has 0 radical (unpaired) electrons. The fourth-order valence-electron chi connectivity index (χ4n) is 2.93. The Balaban J connectivity index is 2.45. The Kier molecular flexibility index (Phi) is 6.23. The van der Waals surface area contributed by atoms with Crippen LogP contribution in [0, 0.1) is 0 Å². The molecule has 0 saturated carbocycles. The van der Waals surface area contributed by atoms with Crippen molar-refractivity contribution in [2.24, 2.45) is 0 Å². The molecule has 0 spiro atoms. The zero-order chi connectivity index (χ0) is 21.4. The number of alkyl halides is 3. The lowest BCUT2D eigenvalue weighted by Gasteiger charge is -2.48. The van der Waals surface area contributed by atoms with E-state index >= 15 is 0 Å². The van der Waals surface area contributed by atoms with Crippen molar-refractivity contribution in [3.8, 4) is 0 Å². The Morgan fingerprint density at radius 2 is 1.75 bits per heavy atom. The Hall–Kier alpha value is -1.58. The van der Waals surface area contributed by atoms with Crippen LogP contribution in [0.1, 0.15) is 32.4 Å². The van der Waals surface area contributed by atoms with Gasteiger partial charge < -0.3 is 13.9 Å². The molecular formula is C19H28F3NO4Si. The second kappa shape index (κ2) is 7.68. The molecule has 0 bridgehead atoms. The maximum Gasteiger partial charge on any atom is 0.444 e. The third kappa shape index (κ3) is 5.48. The first kappa shape index (κ1) is 22.7. The van der Waals surface area contributed by atoms with Gasteiger partial charge in [0.05, 0.1) is 19.2 Å². The van der Waals surface area contributed by atoms with Gasteiger partial charge in [0.1, 0.15) is 5.60 Å². The minimum atomic E-state index is -4.81. The largest absolute Gasteiger partial charge is 0.444 e. The van der Waals surface area contributed by atoms with Gasteiger partial charge in [0.2, 0.25) is 0 Å². The third-order valence-corrected chi connectivity index (χ3v) is 4.89. The zero-order valence-electron chi connectivity index (χ0n) is 17.1. The van der Waals surface area contributed by atoms with E-state index in [2.05, 4.69) is 0 Å². The normalized spacial score (nSPS) is 24.2. The van der Waals surface area contributed by atoms with E-state index in [-0.39, 0.29) is 6.61 Å². The van der Waals surface area contributed by atoms with Gasteiger partial charge >= 0.3 is 12.3 Å². The summed E-state index contributed by atoms with van der Waals surface area (Å²) < 4.78 is 58.2. The number of ether oxygens (including phenoxy) is 2. The molecular weight excluding hydrogens is 391 g/mol. The quantitative estimate of drug-likeness (QED) is 0.639. The lowest BCUT2D eigenvalue weighted by atomic mass is 10.0. The van der Waals surface area contributed by atoms with E-state index in [0.29, 0.717) is 5.56 Å². The lowest BCUT2D eigenvalue weighted by molar-refractivity contribution is -0.375. The fourth-order valence-corrected chi connectivity index (χ4v) is 4.16. The van der Waals surface area contributed by atoms with Crippen molar-refractivity contribution in [3.63, 3.8) is 0 Å². The highest BCUT2D eigenvalue weighted by Gasteiger charge is 2.63. The molecule has 2 rings (SSSR count). The number of benzene rings is 1. The van der Waals surface area contributed by atoms with Gasteiger partial charge in [0.25, 0.3) is 5.79 Å². The molecule has 1 saturated heterocycles. The number of morpholine rings is 1. The van der Waals surface area contributed by atoms with Crippen LogP contribution in [0.3, 0.4) is 0 Å². The Morgan fingerprint density at radius 1 is 1.18 bits per heavy atom. The van der Waals surface area contributed by atoms with Gasteiger partial charge in [0, 0.05) is 0 Å². The average molecular weight is 420 g/mol. The van der Waals surface area contributed by atoms with Crippen LogP contribution < -0.4 is 0 Å². The Labute approximate surface area is 164 Å². The van der Waals surface area contributed by atoms with Gasteiger partial charge in [0.15, 0.2) is 8.32 Å². The summed E-state index contributed by atoms with van der Waals surface area (Å²) in [6.45, 7) is 8.78. The second-order valence-corrected chi connectivity index (χ2v) is 13.2. The molecule has 158 valence electrons. The highest BCUT2D eigenvalue weighted by atomic mass is 28.4. The number of hydrogen-bond donors (Lipinski definition) is 0. The van der Waals surface area contributed by atoms with Crippen molar-refractivity contribution in [1.29, 1.82) is 0 Å². The van der Waals surface area contributed by atoms with Crippen LogP contribution in [0.15, 0.2) is 30.3 Å². The van der Waals surface area contributed by atoms with Crippen LogP contribution >= 0.6 is 0 Å². The number of nitrogens with zero attached hydrogens (tertiary/aromatic N) is 1. The number of amides is 1. The topological polar surface area (TPSA) is 48.0 Å². The van der Waals surface area contributed by atoms with Crippen LogP contribution in [0.2, 0.25) is 19.6 Å². The van der Waals surface area contributed by atoms with E-state index in [4.69, 9.17) is 13.9 Å². The maximum atomic E-state index is 14.0. The molecule has 0 aromatic heterocycles. The summed E-state index contributed by atoms with van der Waals surface area (Å²) in [6.07, 6.45) is -5.65. The summed E-state index contributed by atoms with van der Waals surface area (Å²) in [4.78, 5) is 13.9. The number of hydrogen-bond acceptors (Lipinski definition) is 4. The summed E-state index contributed by atoms with van der Waals surface area (Å²) in [6, 6.07) is 8.08. The molecule has 1 aromatic rings. The molecule has 9 heteroatoms. The minimum absolute atomic E-state index is 0.354. The van der Waals surface area contributed by atoms with E-state index in [0.717, 1.165) is 4.90 Å². The van der Waals surface area contributed by atoms with Crippen molar-refractivity contribution in [2.75, 3.05) is 13.2 Å². The van der Waals surface area contributed by atoms with Gasteiger partial charge in [-0.2, -0.15) is 13.2 Å². The summed E-state index contributed by atoms with van der Waals surface area (Å²) in [5.74, 6) is -2.88. The number of halogens is 3. The van der Waals surface area contributed by atoms with Crippen LogP contribution in [0.4, 0.5) is 18.0 Å². The van der Waals surface area contributed by atoms with Crippen LogP contribution in [-0.2, 0) is 13.9 Å². The first-order valence-corrected chi connectivity index (χ1v) is 12.5. The molecule has 0 N–H and O–H groups in total. The third-order valence-electron chi connectivity index (χ3n) is 3.94. The van der Waals surface area contributed by atoms with E-state index < -0.39 is 44.6 Å². The summed E-state index contributed by atoms with van der Waals surface area (Å²) in [5.41, 5.74) is -0.186. The zero-order valence-corrected chi connectivity index (χ0v) is 18.1. The molecule has 28 heavy (non-hydrogen) atoms. The highest BCUT2D eigenvalue weighted by molar-refractivity contribution is 6.69. The smallest absolute Gasteiger partial charge is 0.444 e. The number of carbonyl (C=O) groups is 1. The van der Waals surface area contributed by atoms with Gasteiger partial charge in [-0.05, 0) is 46.0 Å². The molecule has 1 aliphatic heterocycles. The fraction of sp³-hybridized carbons (Fsp3) is 0.632. The molecule has 0 aliphatic carbocycles. The summed E-state index contributed by atoms with van der Waals surface area (Å²) in [5, 5.41) is 0. The van der Waals surface area contributed by atoms with Crippen molar-refractivity contribution in [3.05, 3.63) is 35.9 Å². The van der Waals surface area contributed by atoms with E-state index in [1.807, 2.05) is 0 Å². The van der Waals surface area contributed by atoms with Crippen LogP contribution in [0.25, 0.3) is 0 Å². The van der Waals surface area contributed by atoms with Crippen LogP contribution in [0.5, 0.6) is 0 Å². The standard InChI is InChI=1S/C19H28F3NO4Si/c1-17(2,3)26-16(24)23-13-18(19(20,21)22,27-28(4,5)6)25-12-15(23)14-10-8-7-9-11-14/h7-11,15H,12-13H2,1-6H3/t15-,18?/m1/s1. The molecule has 1 heterocycles. The second-order valence-electron chi connectivity index (χ2n) is 8.81. The van der Waals surface area contributed by atoms with Gasteiger partial charge in [-0.25, -0.2) is 4.79 Å². The van der Waals surface area contributed by atoms with Crippen molar-refractivity contribution >= 4 is 14.4 Å². The first-order valence-electron chi connectivity index (χ1n) is 9.09. The van der Waals surface area contributed by atoms with E-state index in [1.165, 1.54) is 0 Å². The van der Waals surface area contributed by atoms with E-state index in [9.17, 15) is 18.0 Å². The Morgan fingerprint density at radius 3 is 2.21 bits per heavy atom. The van der Waals surface area contributed by atoms with Crippen LogP contribution in [-0.4, -0.2) is 50.0 Å². The SMILES string of the molecule is CC(C)(C)OC(=O)N1CC(O[Si](C)(C)C)(C(F)(F)F)OC[C@@H]1c1ccccc1. The molecule has 2 atom stereocenters. The summed E-state index contributed by atoms with van der Waals surface area (Å²) >= 11 is 0. The van der Waals surface area contributed by atoms with Gasteiger partial charge in [-0.1, -0.05) is 30.3 Å². The predicted octanol–water partition coefficient (Wildman–Crippen LogP) is 5.11. The highest BCUT2D eigenvalue weighted by Crippen LogP contribution is 2.43. The number of carbonyl (C=O) groups excluding carboxylic acids is 1. The van der Waals surface area contributed by atoms with Crippen molar-refractivity contribution in [1.82, 2.24) is 4.90 Å². The van der Waals surface area contributed by atoms with Gasteiger partial charge in [-0.3, -0.25) is 4.90 Å². The molecule has 1 aromatic carbocycles. The predicted molar refractivity (Wildman–Crippen MR) is 101 cm³/mol. The number of rotatable bonds is 3. The maximum absolute atomic E-state index is 14.0. The molecule has 1 fully saturated rings. The molecule has 5 nitrogen and oxygen atoms in total. The Bertz CT molecular complexity index is 685. The van der Waals surface area contributed by atoms with Gasteiger partial charge in [-0.15, -0.1) is 0 Å². The minimum Gasteiger partial charge on any atom is -0.444 e. The van der Waals surface area contributed by atoms with Crippen molar-refractivity contribution in [2.45, 2.75) is 64.0 Å². The molecule has 1 unspecified atom stereocenters. The molecule has 1 aliphatic rings. The summed E-state index contributed by atoms with van der Waals surface area (Å²) in [7, 11) is -2.66. The van der Waals surface area contributed by atoms with Crippen molar-refractivity contribution < 1.29 is 31.9 Å². The lowest BCUT2D eigenvalue weighted by Crippen LogP contribution is -2.65. The van der Waals surface area contributed by atoms with E-state index in [1.54, 1.807) is 70.7 Å². The first-order chi connectivity index (χ1) is 12.6. The molecule has 1 amide bonds.